The third-order valence-electron chi connectivity index (χ3n) is 5.52. The summed E-state index contributed by atoms with van der Waals surface area (Å²) in [5, 5.41) is 12.6. The van der Waals surface area contributed by atoms with Crippen LogP contribution in [0.5, 0.6) is 0 Å². The summed E-state index contributed by atoms with van der Waals surface area (Å²) < 4.78 is 0. The summed E-state index contributed by atoms with van der Waals surface area (Å²) in [6.45, 7) is 6.10. The Bertz CT molecular complexity index is 1000. The highest BCUT2D eigenvalue weighted by molar-refractivity contribution is 7.17. The van der Waals surface area contributed by atoms with Gasteiger partial charge >= 0.3 is 5.97 Å². The highest BCUT2D eigenvalue weighted by Gasteiger charge is 2.35. The van der Waals surface area contributed by atoms with Gasteiger partial charge in [-0.3, -0.25) is 14.4 Å². The molecular weight excluding hydrogens is 400 g/mol. The fraction of sp³-hybridized carbons (Fsp3) is 0.348. The Kier molecular flexibility index (Phi) is 6.41. The number of anilines is 1. The van der Waals surface area contributed by atoms with E-state index in [2.05, 4.69) is 19.2 Å². The zero-order chi connectivity index (χ0) is 22.0. The fourth-order valence-corrected chi connectivity index (χ4v) is 4.92. The molecule has 1 aliphatic carbocycles. The number of rotatable bonds is 6. The number of benzene rings is 1. The van der Waals surface area contributed by atoms with Crippen LogP contribution >= 0.6 is 11.3 Å². The molecule has 0 radical (unpaired) electrons. The van der Waals surface area contributed by atoms with Crippen molar-refractivity contribution in [2.75, 3.05) is 5.32 Å². The van der Waals surface area contributed by atoms with Crippen molar-refractivity contribution < 1.29 is 19.5 Å². The van der Waals surface area contributed by atoms with Crippen LogP contribution in [0.4, 0.5) is 5.00 Å². The van der Waals surface area contributed by atoms with Crippen LogP contribution in [0.3, 0.4) is 0 Å². The largest absolute Gasteiger partial charge is 0.481 e. The van der Waals surface area contributed by atoms with Gasteiger partial charge in [0.25, 0.3) is 5.91 Å². The van der Waals surface area contributed by atoms with E-state index in [9.17, 15) is 19.5 Å². The predicted octanol–water partition coefficient (Wildman–Crippen LogP) is 4.55. The van der Waals surface area contributed by atoms with Crippen molar-refractivity contribution in [3.05, 3.63) is 52.4 Å². The zero-order valence-corrected chi connectivity index (χ0v) is 18.1. The molecule has 7 heteroatoms. The van der Waals surface area contributed by atoms with Crippen molar-refractivity contribution in [3.63, 3.8) is 0 Å². The van der Waals surface area contributed by atoms with Crippen molar-refractivity contribution in [2.45, 2.75) is 39.5 Å². The molecule has 1 aliphatic rings. The maximum absolute atomic E-state index is 12.9. The molecule has 1 aromatic heterocycles. The number of carbonyl (C=O) groups is 3. The number of allylic oxidation sites excluding steroid dienone is 2. The summed E-state index contributed by atoms with van der Waals surface area (Å²) >= 11 is 1.28. The fourth-order valence-electron chi connectivity index (χ4n) is 3.83. The Morgan fingerprint density at radius 2 is 1.70 bits per heavy atom. The van der Waals surface area contributed by atoms with E-state index >= 15 is 0 Å². The van der Waals surface area contributed by atoms with E-state index in [0.717, 1.165) is 10.4 Å². The molecule has 2 unspecified atom stereocenters. The number of aliphatic carboxylic acids is 1. The van der Waals surface area contributed by atoms with Gasteiger partial charge in [0, 0.05) is 10.4 Å². The van der Waals surface area contributed by atoms with Gasteiger partial charge in [-0.1, -0.05) is 50.3 Å². The monoisotopic (exact) mass is 426 g/mol. The number of carbonyl (C=O) groups excluding carboxylic acids is 2. The average molecular weight is 427 g/mol. The van der Waals surface area contributed by atoms with Gasteiger partial charge < -0.3 is 16.2 Å². The van der Waals surface area contributed by atoms with E-state index in [1.807, 2.05) is 37.3 Å². The first-order chi connectivity index (χ1) is 14.2. The number of amides is 2. The second kappa shape index (κ2) is 8.83. The maximum Gasteiger partial charge on any atom is 0.307 e. The lowest BCUT2D eigenvalue weighted by Gasteiger charge is -2.24. The quantitative estimate of drug-likeness (QED) is 0.589. The van der Waals surface area contributed by atoms with E-state index in [0.29, 0.717) is 29.3 Å². The van der Waals surface area contributed by atoms with Gasteiger partial charge in [0.1, 0.15) is 5.00 Å². The molecule has 0 aliphatic heterocycles. The lowest BCUT2D eigenvalue weighted by atomic mass is 9.82. The third-order valence-corrected chi connectivity index (χ3v) is 6.54. The smallest absolute Gasteiger partial charge is 0.307 e. The lowest BCUT2D eigenvalue weighted by Crippen LogP contribution is -2.35. The van der Waals surface area contributed by atoms with E-state index in [4.69, 9.17) is 5.73 Å². The number of nitrogens with two attached hydrogens (primary N) is 1. The predicted molar refractivity (Wildman–Crippen MR) is 119 cm³/mol. The number of hydrogen-bond acceptors (Lipinski definition) is 4. The van der Waals surface area contributed by atoms with E-state index < -0.39 is 29.6 Å². The Morgan fingerprint density at radius 1 is 1.10 bits per heavy atom. The molecular formula is C23H26N2O4S. The Hall–Kier alpha value is -2.93. The molecule has 1 aromatic carbocycles. The van der Waals surface area contributed by atoms with Crippen LogP contribution in [0.25, 0.3) is 11.1 Å². The summed E-state index contributed by atoms with van der Waals surface area (Å²) in [6, 6.07) is 7.95. The van der Waals surface area contributed by atoms with Gasteiger partial charge in [-0.15, -0.1) is 11.3 Å². The minimum Gasteiger partial charge on any atom is -0.481 e. The minimum atomic E-state index is -0.997. The van der Waals surface area contributed by atoms with Crippen LogP contribution in [0.1, 0.15) is 53.4 Å². The number of nitrogens with one attached hydrogen (secondary N) is 1. The molecule has 158 valence electrons. The summed E-state index contributed by atoms with van der Waals surface area (Å²) in [5.74, 6) is -3.11. The van der Waals surface area contributed by atoms with Crippen molar-refractivity contribution in [3.8, 4) is 11.1 Å². The number of thiophene rings is 1. The summed E-state index contributed by atoms with van der Waals surface area (Å²) in [7, 11) is 0. The van der Waals surface area contributed by atoms with Crippen molar-refractivity contribution in [1.29, 1.82) is 0 Å². The number of carboxylic acids is 1. The molecule has 3 rings (SSSR count). The summed E-state index contributed by atoms with van der Waals surface area (Å²) in [5.41, 5.74) is 8.69. The van der Waals surface area contributed by atoms with Crippen LogP contribution in [-0.4, -0.2) is 22.9 Å². The van der Waals surface area contributed by atoms with Crippen LogP contribution < -0.4 is 11.1 Å². The molecule has 2 amide bonds. The maximum atomic E-state index is 12.9. The lowest BCUT2D eigenvalue weighted by molar-refractivity contribution is -0.146. The standard InChI is InChI=1S/C23H26N2O4S/c1-12(2)14-8-10-15(11-9-14)18-13(3)30-22(19(18)20(24)26)25-21(27)16-6-4-5-7-17(16)23(28)29/h4-5,8-12,16-17H,6-7H2,1-3H3,(H2,24,26)(H,25,27)(H,28,29). The van der Waals surface area contributed by atoms with Gasteiger partial charge in [0.15, 0.2) is 0 Å². The topological polar surface area (TPSA) is 109 Å². The minimum absolute atomic E-state index is 0.265. The SMILES string of the molecule is Cc1sc(NC(=O)C2CC=CCC2C(=O)O)c(C(N)=O)c1-c1ccc(C(C)C)cc1. The summed E-state index contributed by atoms with van der Waals surface area (Å²) in [4.78, 5) is 37.6. The first-order valence-electron chi connectivity index (χ1n) is 9.92. The van der Waals surface area contributed by atoms with Gasteiger partial charge in [0.05, 0.1) is 17.4 Å². The molecule has 0 fully saturated rings. The van der Waals surface area contributed by atoms with Crippen LogP contribution in [0.2, 0.25) is 0 Å². The van der Waals surface area contributed by atoms with Gasteiger partial charge in [-0.05, 0) is 36.8 Å². The van der Waals surface area contributed by atoms with E-state index in [1.54, 1.807) is 6.08 Å². The molecule has 0 spiro atoms. The van der Waals surface area contributed by atoms with Crippen molar-refractivity contribution >= 4 is 34.1 Å². The zero-order valence-electron chi connectivity index (χ0n) is 17.3. The second-order valence-corrected chi connectivity index (χ2v) is 9.09. The molecule has 6 nitrogen and oxygen atoms in total. The molecule has 30 heavy (non-hydrogen) atoms. The van der Waals surface area contributed by atoms with Crippen LogP contribution in [0, 0.1) is 18.8 Å². The first kappa shape index (κ1) is 21.8. The highest BCUT2D eigenvalue weighted by atomic mass is 32.1. The Balaban J connectivity index is 1.95. The average Bonchev–Trinajstić information content (AvgIpc) is 3.03. The van der Waals surface area contributed by atoms with E-state index in [-0.39, 0.29) is 5.56 Å². The molecule has 0 saturated carbocycles. The Labute approximate surface area is 179 Å². The normalized spacial score (nSPS) is 18.4. The highest BCUT2D eigenvalue weighted by Crippen LogP contribution is 2.40. The molecule has 1 heterocycles. The number of primary amides is 1. The molecule has 0 saturated heterocycles. The van der Waals surface area contributed by atoms with Crippen molar-refractivity contribution in [1.82, 2.24) is 0 Å². The van der Waals surface area contributed by atoms with E-state index in [1.165, 1.54) is 16.9 Å². The van der Waals surface area contributed by atoms with Crippen LogP contribution in [0.15, 0.2) is 36.4 Å². The molecule has 2 aromatic rings. The third kappa shape index (κ3) is 4.31. The van der Waals surface area contributed by atoms with Crippen molar-refractivity contribution in [2.24, 2.45) is 17.6 Å². The number of hydrogen-bond donors (Lipinski definition) is 3. The number of carboxylic acid groups (broad SMARTS) is 1. The van der Waals surface area contributed by atoms with Gasteiger partial charge in [0.2, 0.25) is 5.91 Å². The van der Waals surface area contributed by atoms with Gasteiger partial charge in [-0.25, -0.2) is 0 Å². The molecule has 2 atom stereocenters. The molecule has 4 N–H and O–H groups in total. The Morgan fingerprint density at radius 3 is 2.23 bits per heavy atom. The van der Waals surface area contributed by atoms with Crippen LogP contribution in [-0.2, 0) is 9.59 Å². The molecule has 0 bridgehead atoms. The second-order valence-electron chi connectivity index (χ2n) is 7.86. The summed E-state index contributed by atoms with van der Waals surface area (Å²) in [6.07, 6.45) is 4.27. The first-order valence-corrected chi connectivity index (χ1v) is 10.7. The van der Waals surface area contributed by atoms with Gasteiger partial charge in [-0.2, -0.15) is 0 Å². The number of aryl methyl sites for hydroxylation is 1.